The number of nitrogens with zero attached hydrogens (tertiary/aromatic N) is 1. The quantitative estimate of drug-likeness (QED) is 0.412. The normalized spacial score (nSPS) is 37.3. The molecule has 4 aliphatic carbocycles. The number of benzene rings is 1. The highest BCUT2D eigenvalue weighted by Crippen LogP contribution is 2.66. The van der Waals surface area contributed by atoms with Crippen molar-refractivity contribution in [3.8, 4) is 0 Å². The first-order chi connectivity index (χ1) is 18.1. The summed E-state index contributed by atoms with van der Waals surface area (Å²) >= 11 is 0. The van der Waals surface area contributed by atoms with Crippen LogP contribution in [0, 0.1) is 28.6 Å². The molecule has 0 bridgehead atoms. The smallest absolute Gasteiger partial charge is 0.333 e. The van der Waals surface area contributed by atoms with Gasteiger partial charge in [0.05, 0.1) is 12.7 Å². The SMILES string of the molecule is COC(=O)C(NC(=O)CON=C1C=C[C@@]2(C)C(=C1)CC[C@@H]1[C@@H]2CC[C@@]2(C)[C@H]1CC[C@]2(C)O)c1ccccc1. The molecular formula is C31H40N2O5. The maximum absolute atomic E-state index is 12.5. The lowest BCUT2D eigenvalue weighted by atomic mass is 9.47. The Morgan fingerprint density at radius 3 is 2.58 bits per heavy atom. The second-order valence-electron chi connectivity index (χ2n) is 12.2. The second-order valence-corrected chi connectivity index (χ2v) is 12.2. The van der Waals surface area contributed by atoms with Crippen molar-refractivity contribution in [3.63, 3.8) is 0 Å². The van der Waals surface area contributed by atoms with Crippen molar-refractivity contribution in [1.29, 1.82) is 0 Å². The van der Waals surface area contributed by atoms with E-state index >= 15 is 0 Å². The summed E-state index contributed by atoms with van der Waals surface area (Å²) in [6, 6.07) is 8.05. The Kier molecular flexibility index (Phi) is 7.01. The summed E-state index contributed by atoms with van der Waals surface area (Å²) in [4.78, 5) is 30.1. The molecule has 1 aromatic carbocycles. The molecule has 1 aromatic rings. The maximum Gasteiger partial charge on any atom is 0.333 e. The lowest BCUT2D eigenvalue weighted by Gasteiger charge is -2.58. The Morgan fingerprint density at radius 2 is 1.84 bits per heavy atom. The average Bonchev–Trinajstić information content (AvgIpc) is 3.16. The fourth-order valence-corrected chi connectivity index (χ4v) is 7.92. The predicted octanol–water partition coefficient (Wildman–Crippen LogP) is 4.88. The monoisotopic (exact) mass is 520 g/mol. The van der Waals surface area contributed by atoms with Crippen molar-refractivity contribution in [2.75, 3.05) is 13.7 Å². The van der Waals surface area contributed by atoms with E-state index in [1.807, 2.05) is 19.1 Å². The number of carbonyl (C=O) groups is 2. The number of fused-ring (bicyclic) bond motifs is 5. The van der Waals surface area contributed by atoms with Gasteiger partial charge in [0.2, 0.25) is 0 Å². The molecule has 38 heavy (non-hydrogen) atoms. The molecule has 0 saturated heterocycles. The van der Waals surface area contributed by atoms with Gasteiger partial charge in [0.1, 0.15) is 5.71 Å². The number of rotatable bonds is 6. The first kappa shape index (κ1) is 26.7. The van der Waals surface area contributed by atoms with E-state index in [-0.39, 0.29) is 17.4 Å². The van der Waals surface area contributed by atoms with Crippen LogP contribution in [0.4, 0.5) is 0 Å². The van der Waals surface area contributed by atoms with Gasteiger partial charge in [-0.05, 0) is 86.3 Å². The van der Waals surface area contributed by atoms with E-state index in [0.29, 0.717) is 29.0 Å². The lowest BCUT2D eigenvalue weighted by Crippen LogP contribution is -2.53. The summed E-state index contributed by atoms with van der Waals surface area (Å²) in [6.45, 7) is 6.41. The minimum atomic E-state index is -0.904. The predicted molar refractivity (Wildman–Crippen MR) is 145 cm³/mol. The van der Waals surface area contributed by atoms with E-state index in [1.165, 1.54) is 12.7 Å². The van der Waals surface area contributed by atoms with Crippen LogP contribution in [0.2, 0.25) is 0 Å². The Bertz CT molecular complexity index is 1170. The van der Waals surface area contributed by atoms with E-state index in [9.17, 15) is 14.7 Å². The summed E-state index contributed by atoms with van der Waals surface area (Å²) in [5.41, 5.74) is 2.13. The van der Waals surface area contributed by atoms with Gasteiger partial charge in [0.25, 0.3) is 5.91 Å². The third-order valence-electron chi connectivity index (χ3n) is 10.4. The highest BCUT2D eigenvalue weighted by atomic mass is 16.6. The molecule has 204 valence electrons. The molecule has 7 atom stereocenters. The van der Waals surface area contributed by atoms with Crippen LogP contribution in [0.5, 0.6) is 0 Å². The largest absolute Gasteiger partial charge is 0.467 e. The molecule has 4 aliphatic rings. The molecule has 0 spiro atoms. The minimum absolute atomic E-state index is 0.0124. The maximum atomic E-state index is 12.5. The summed E-state index contributed by atoms with van der Waals surface area (Å²) in [5, 5.41) is 18.0. The highest BCUT2D eigenvalue weighted by Gasteiger charge is 2.61. The van der Waals surface area contributed by atoms with Crippen molar-refractivity contribution in [2.45, 2.75) is 70.9 Å². The number of aliphatic hydroxyl groups is 1. The second kappa shape index (κ2) is 9.99. The molecular weight excluding hydrogens is 480 g/mol. The van der Waals surface area contributed by atoms with Crippen LogP contribution in [-0.4, -0.2) is 42.0 Å². The van der Waals surface area contributed by atoms with Gasteiger partial charge in [-0.2, -0.15) is 0 Å². The van der Waals surface area contributed by atoms with Crippen molar-refractivity contribution >= 4 is 17.6 Å². The van der Waals surface area contributed by atoms with Gasteiger partial charge in [0, 0.05) is 5.41 Å². The third-order valence-corrected chi connectivity index (χ3v) is 10.4. The number of oxime groups is 1. The first-order valence-corrected chi connectivity index (χ1v) is 13.8. The number of carbonyl (C=O) groups excluding carboxylic acids is 2. The molecule has 2 N–H and O–H groups in total. The van der Waals surface area contributed by atoms with Crippen LogP contribution in [0.25, 0.3) is 0 Å². The van der Waals surface area contributed by atoms with Gasteiger partial charge in [-0.3, -0.25) is 4.79 Å². The van der Waals surface area contributed by atoms with Crippen LogP contribution in [0.1, 0.15) is 70.9 Å². The van der Waals surface area contributed by atoms with Crippen LogP contribution in [0.3, 0.4) is 0 Å². The van der Waals surface area contributed by atoms with Crippen LogP contribution in [0.15, 0.2) is 59.3 Å². The fourth-order valence-electron chi connectivity index (χ4n) is 7.92. The number of hydrogen-bond donors (Lipinski definition) is 2. The zero-order chi connectivity index (χ0) is 27.1. The fraction of sp³-hybridized carbons (Fsp3) is 0.581. The Hall–Kier alpha value is -2.93. The van der Waals surface area contributed by atoms with Crippen molar-refractivity contribution < 1.29 is 24.3 Å². The summed E-state index contributed by atoms with van der Waals surface area (Å²) in [5.74, 6) is 0.760. The molecule has 3 saturated carbocycles. The van der Waals surface area contributed by atoms with Crippen LogP contribution in [-0.2, 0) is 19.2 Å². The molecule has 7 nitrogen and oxygen atoms in total. The molecule has 5 rings (SSSR count). The summed E-state index contributed by atoms with van der Waals surface area (Å²) < 4.78 is 4.85. The van der Waals surface area contributed by atoms with Crippen LogP contribution >= 0.6 is 0 Å². The Labute approximate surface area is 225 Å². The zero-order valence-corrected chi connectivity index (χ0v) is 22.9. The number of amides is 1. The standard InChI is InChI=1S/C31H40N2O5/c1-29-15-12-22(33-38-19-26(34)32-27(28(35)37-4)20-8-6-5-7-9-20)18-21(29)10-11-23-24(29)13-16-30(2)25(23)14-17-31(30,3)36/h5-9,12,15,18,23-25,27,36H,10-11,13-14,16-17,19H2,1-4H3,(H,32,34)/t23-,24+,25+,27?,29+,30+,31+/m1/s1. The highest BCUT2D eigenvalue weighted by molar-refractivity contribution is 6.05. The number of allylic oxidation sites excluding steroid dienone is 4. The van der Waals surface area contributed by atoms with E-state index in [1.54, 1.807) is 24.3 Å². The van der Waals surface area contributed by atoms with Crippen molar-refractivity contribution in [2.24, 2.45) is 33.7 Å². The van der Waals surface area contributed by atoms with Gasteiger partial charge in [-0.15, -0.1) is 0 Å². The first-order valence-electron chi connectivity index (χ1n) is 13.8. The van der Waals surface area contributed by atoms with E-state index in [2.05, 4.69) is 36.5 Å². The number of esters is 1. The van der Waals surface area contributed by atoms with Crippen molar-refractivity contribution in [1.82, 2.24) is 5.32 Å². The van der Waals surface area contributed by atoms with Crippen molar-refractivity contribution in [3.05, 3.63) is 59.7 Å². The molecule has 0 aromatic heterocycles. The van der Waals surface area contributed by atoms with E-state index in [0.717, 1.165) is 38.5 Å². The van der Waals surface area contributed by atoms with Gasteiger partial charge in [0.15, 0.2) is 12.6 Å². The Morgan fingerprint density at radius 1 is 1.11 bits per heavy atom. The number of nitrogens with one attached hydrogen (secondary N) is 1. The van der Waals surface area contributed by atoms with Gasteiger partial charge in [-0.1, -0.05) is 61.0 Å². The molecule has 0 radical (unpaired) electrons. The molecule has 3 fully saturated rings. The number of ether oxygens (including phenoxy) is 1. The average molecular weight is 521 g/mol. The molecule has 0 aliphatic heterocycles. The van der Waals surface area contributed by atoms with Gasteiger partial charge >= 0.3 is 5.97 Å². The molecule has 1 amide bonds. The molecule has 1 unspecified atom stereocenters. The Balaban J connectivity index is 1.22. The van der Waals surface area contributed by atoms with E-state index in [4.69, 9.17) is 9.57 Å². The molecule has 7 heteroatoms. The minimum Gasteiger partial charge on any atom is -0.467 e. The summed E-state index contributed by atoms with van der Waals surface area (Å²) in [7, 11) is 1.29. The third kappa shape index (κ3) is 4.49. The van der Waals surface area contributed by atoms with Gasteiger partial charge in [-0.25, -0.2) is 4.79 Å². The molecule has 0 heterocycles. The van der Waals surface area contributed by atoms with Gasteiger partial charge < -0.3 is 20.0 Å². The summed E-state index contributed by atoms with van der Waals surface area (Å²) in [6.07, 6.45) is 12.8. The lowest BCUT2D eigenvalue weighted by molar-refractivity contribution is -0.145. The van der Waals surface area contributed by atoms with E-state index < -0.39 is 23.5 Å². The number of methoxy groups -OCH3 is 1. The number of hydrogen-bond acceptors (Lipinski definition) is 6. The zero-order valence-electron chi connectivity index (χ0n) is 22.9. The topological polar surface area (TPSA) is 97.2 Å². The van der Waals surface area contributed by atoms with Crippen LogP contribution < -0.4 is 5.32 Å².